The number of rotatable bonds is 5. The zero-order chi connectivity index (χ0) is 33.0. The van der Waals surface area contributed by atoms with E-state index in [1.807, 2.05) is 20.8 Å². The smallest absolute Gasteiger partial charge is 0.354 e. The lowest BCUT2D eigenvalue weighted by Crippen LogP contribution is -2.57. The van der Waals surface area contributed by atoms with Gasteiger partial charge in [-0.2, -0.15) is 4.98 Å². The van der Waals surface area contributed by atoms with Gasteiger partial charge >= 0.3 is 5.69 Å². The number of fused-ring (bicyclic) bond motifs is 5. The van der Waals surface area contributed by atoms with Crippen LogP contribution in [-0.2, 0) is 11.4 Å². The molecule has 6 rings (SSSR count). The molecule has 1 saturated heterocycles. The minimum atomic E-state index is -1.17. The molecule has 1 atom stereocenters. The monoisotopic (exact) mass is 649 g/mol. The fourth-order valence-corrected chi connectivity index (χ4v) is 6.44. The van der Waals surface area contributed by atoms with Crippen molar-refractivity contribution in [1.29, 1.82) is 0 Å². The second kappa shape index (κ2) is 11.8. The standard InChI is InChI=1S/C32H27ClF3N7O3/c1-15(2)26-27(16(3)6-7-38-26)43-28-19(10-20(33)23-24-22(14-46-29(23)28)39-12-21(35)25(24)36)30(40-32(43)45)41-8-9-42(31(44)17(4)34)18(13-41)11-37-5/h6-7,10,12,15,18H,4,8-9,11,13-14H2,1-3H3/t18-/m0/s1. The van der Waals surface area contributed by atoms with E-state index in [9.17, 15) is 18.4 Å². The summed E-state index contributed by atoms with van der Waals surface area (Å²) < 4.78 is 51.3. The average molecular weight is 650 g/mol. The molecular weight excluding hydrogens is 623 g/mol. The van der Waals surface area contributed by atoms with E-state index in [2.05, 4.69) is 26.4 Å². The minimum Gasteiger partial charge on any atom is -0.484 e. The summed E-state index contributed by atoms with van der Waals surface area (Å²) in [6.45, 7) is 16.0. The third kappa shape index (κ3) is 4.93. The zero-order valence-corrected chi connectivity index (χ0v) is 25.8. The molecule has 0 N–H and O–H groups in total. The van der Waals surface area contributed by atoms with Crippen LogP contribution in [-0.4, -0.2) is 62.5 Å². The van der Waals surface area contributed by atoms with Gasteiger partial charge in [0.2, 0.25) is 6.54 Å². The van der Waals surface area contributed by atoms with Crippen molar-refractivity contribution in [2.24, 2.45) is 0 Å². The second-order valence-corrected chi connectivity index (χ2v) is 11.8. The number of hydrogen-bond acceptors (Lipinski definition) is 7. The van der Waals surface area contributed by atoms with Crippen LogP contribution >= 0.6 is 11.6 Å². The van der Waals surface area contributed by atoms with E-state index < -0.39 is 35.1 Å². The number of anilines is 1. The molecule has 1 aromatic carbocycles. The molecule has 4 aromatic rings. The van der Waals surface area contributed by atoms with E-state index in [-0.39, 0.29) is 77.6 Å². The van der Waals surface area contributed by atoms with Crippen molar-refractivity contribution in [3.63, 3.8) is 0 Å². The Bertz CT molecular complexity index is 2060. The number of aromatic nitrogens is 4. The van der Waals surface area contributed by atoms with Gasteiger partial charge in [0.25, 0.3) is 5.91 Å². The maximum Gasteiger partial charge on any atom is 0.354 e. The summed E-state index contributed by atoms with van der Waals surface area (Å²) >= 11 is 6.83. The van der Waals surface area contributed by atoms with Gasteiger partial charge in [-0.25, -0.2) is 24.5 Å². The number of nitrogens with zero attached hydrogens (tertiary/aromatic N) is 7. The predicted octanol–water partition coefficient (Wildman–Crippen LogP) is 5.52. The van der Waals surface area contributed by atoms with Crippen molar-refractivity contribution in [3.05, 3.63) is 92.4 Å². The summed E-state index contributed by atoms with van der Waals surface area (Å²) in [7, 11) is 0. The first-order chi connectivity index (χ1) is 21.9. The minimum absolute atomic E-state index is 0.00441. The maximum atomic E-state index is 15.4. The summed E-state index contributed by atoms with van der Waals surface area (Å²) in [5, 5.41) is 0.334. The van der Waals surface area contributed by atoms with Crippen LogP contribution < -0.4 is 15.3 Å². The van der Waals surface area contributed by atoms with E-state index in [0.29, 0.717) is 22.3 Å². The van der Waals surface area contributed by atoms with Crippen molar-refractivity contribution in [2.45, 2.75) is 39.3 Å². The molecule has 0 aliphatic carbocycles. The fourth-order valence-electron chi connectivity index (χ4n) is 6.15. The first-order valence-electron chi connectivity index (χ1n) is 14.4. The summed E-state index contributed by atoms with van der Waals surface area (Å²) in [6.07, 6.45) is 2.40. The largest absolute Gasteiger partial charge is 0.484 e. The number of halogens is 4. The van der Waals surface area contributed by atoms with Gasteiger partial charge in [0.05, 0.1) is 33.9 Å². The van der Waals surface area contributed by atoms with Crippen LogP contribution in [0.5, 0.6) is 5.75 Å². The normalized spacial score (nSPS) is 15.8. The van der Waals surface area contributed by atoms with Crippen LogP contribution in [0, 0.1) is 25.1 Å². The molecule has 3 aromatic heterocycles. The third-order valence-corrected chi connectivity index (χ3v) is 8.52. The lowest BCUT2D eigenvalue weighted by molar-refractivity contribution is -0.131. The van der Waals surface area contributed by atoms with Gasteiger partial charge in [-0.05, 0) is 30.5 Å². The maximum absolute atomic E-state index is 15.4. The van der Waals surface area contributed by atoms with Crippen molar-refractivity contribution in [3.8, 4) is 22.6 Å². The van der Waals surface area contributed by atoms with Gasteiger partial charge in [-0.15, -0.1) is 0 Å². The quantitative estimate of drug-likeness (QED) is 0.208. The highest BCUT2D eigenvalue weighted by Crippen LogP contribution is 2.49. The van der Waals surface area contributed by atoms with E-state index in [0.717, 1.165) is 6.20 Å². The Hall–Kier alpha value is -4.96. The van der Waals surface area contributed by atoms with E-state index in [1.54, 1.807) is 17.2 Å². The van der Waals surface area contributed by atoms with Crippen LogP contribution in [0.4, 0.5) is 19.0 Å². The van der Waals surface area contributed by atoms with Gasteiger partial charge < -0.3 is 19.4 Å². The Morgan fingerprint density at radius 1 is 1.26 bits per heavy atom. The number of carbonyl (C=O) groups excluding carboxylic acids is 1. The van der Waals surface area contributed by atoms with Gasteiger partial charge in [-0.1, -0.05) is 32.0 Å². The second-order valence-electron chi connectivity index (χ2n) is 11.4. The van der Waals surface area contributed by atoms with Crippen LogP contribution in [0.15, 0.2) is 41.7 Å². The molecule has 0 radical (unpaired) electrons. The van der Waals surface area contributed by atoms with Crippen molar-refractivity contribution < 1.29 is 22.7 Å². The summed E-state index contributed by atoms with van der Waals surface area (Å²) in [6, 6.07) is 2.51. The van der Waals surface area contributed by atoms with E-state index in [4.69, 9.17) is 22.9 Å². The highest BCUT2D eigenvalue weighted by molar-refractivity contribution is 6.35. The SMILES string of the molecule is [C-]#[N+]C[C@H]1CN(c2nc(=O)n(-c3c(C)ccnc3C(C)C)c3c4c(c(Cl)cc23)-c2c(ncc(F)c2F)CO4)CCN1C(=O)C(=C)F. The average Bonchev–Trinajstić information content (AvgIpc) is 3.02. The number of ether oxygens (including phenoxy) is 1. The molecule has 5 heterocycles. The van der Waals surface area contributed by atoms with Gasteiger partial charge in [-0.3, -0.25) is 19.3 Å². The third-order valence-electron chi connectivity index (χ3n) is 8.22. The molecule has 10 nitrogen and oxygen atoms in total. The topological polar surface area (TPSA) is 97.8 Å². The Kier molecular flexibility index (Phi) is 7.93. The van der Waals surface area contributed by atoms with Crippen LogP contribution in [0.3, 0.4) is 0 Å². The molecule has 2 aliphatic heterocycles. The van der Waals surface area contributed by atoms with Crippen LogP contribution in [0.2, 0.25) is 5.02 Å². The van der Waals surface area contributed by atoms with Gasteiger partial charge in [0, 0.05) is 36.8 Å². The Balaban J connectivity index is 1.67. The fraction of sp³-hybridized carbons (Fsp3) is 0.312. The molecule has 2 aliphatic rings. The Labute approximate surface area is 266 Å². The van der Waals surface area contributed by atoms with Gasteiger partial charge in [0.1, 0.15) is 24.0 Å². The number of carbonyl (C=O) groups is 1. The number of piperazine rings is 1. The molecule has 1 amide bonds. The molecular formula is C32H27ClF3N7O3. The first kappa shape index (κ1) is 31.0. The molecule has 0 unspecified atom stereocenters. The summed E-state index contributed by atoms with van der Waals surface area (Å²) in [4.78, 5) is 46.2. The number of benzene rings is 1. The molecule has 14 heteroatoms. The highest BCUT2D eigenvalue weighted by Gasteiger charge is 2.37. The van der Waals surface area contributed by atoms with Crippen molar-refractivity contribution in [2.75, 3.05) is 31.1 Å². The van der Waals surface area contributed by atoms with Gasteiger partial charge in [0.15, 0.2) is 23.2 Å². The Morgan fingerprint density at radius 3 is 2.72 bits per heavy atom. The van der Waals surface area contributed by atoms with Crippen molar-refractivity contribution >= 4 is 34.2 Å². The number of hydrogen-bond donors (Lipinski definition) is 0. The molecule has 0 saturated carbocycles. The summed E-state index contributed by atoms with van der Waals surface area (Å²) in [5.41, 5.74) is 1.21. The van der Waals surface area contributed by atoms with Crippen LogP contribution in [0.1, 0.15) is 36.7 Å². The summed E-state index contributed by atoms with van der Waals surface area (Å²) in [5.74, 6) is -4.31. The Morgan fingerprint density at radius 2 is 2.02 bits per heavy atom. The number of aryl methyl sites for hydroxylation is 1. The molecule has 1 fully saturated rings. The lowest BCUT2D eigenvalue weighted by Gasteiger charge is -2.40. The highest BCUT2D eigenvalue weighted by atomic mass is 35.5. The molecule has 0 spiro atoms. The number of pyridine rings is 2. The number of amides is 1. The molecule has 46 heavy (non-hydrogen) atoms. The predicted molar refractivity (Wildman–Crippen MR) is 166 cm³/mol. The molecule has 236 valence electrons. The van der Waals surface area contributed by atoms with Crippen molar-refractivity contribution in [1.82, 2.24) is 24.4 Å². The molecule has 0 bridgehead atoms. The lowest BCUT2D eigenvalue weighted by atomic mass is 9.97. The zero-order valence-electron chi connectivity index (χ0n) is 25.1. The first-order valence-corrected chi connectivity index (χ1v) is 14.8. The van der Waals surface area contributed by atoms with E-state index >= 15 is 4.39 Å². The van der Waals surface area contributed by atoms with E-state index in [1.165, 1.54) is 15.5 Å². The van der Waals surface area contributed by atoms with Crippen LogP contribution in [0.25, 0.3) is 32.6 Å².